The van der Waals surface area contributed by atoms with Crippen molar-refractivity contribution in [1.82, 2.24) is 9.97 Å². The minimum Gasteiger partial charge on any atom is -0.455 e. The average molecular weight is 615 g/mol. The molecule has 0 saturated carbocycles. The van der Waals surface area contributed by atoms with E-state index in [4.69, 9.17) is 8.83 Å². The fraction of sp³-hybridized carbons (Fsp3) is 0. The maximum absolute atomic E-state index is 6.90. The SMILES string of the molecule is c1cncc(-c2c(-c3c4ccccc4c(-c4oc5ccccc5c4-c4cccnc4)c4cc5ccccc5cc34)oc3ccccc23)c1. The highest BCUT2D eigenvalue weighted by molar-refractivity contribution is 6.26. The molecule has 224 valence electrons. The standard InChI is InChI=1S/C44H26N2O2/c1-2-12-28-24-36-35(23-27(28)11-1)41(43-39(29-13-9-21-45-25-29)33-17-5-7-19-37(33)47-43)31-15-3-4-16-32(31)42(36)44-40(30-14-10-22-46-26-30)34-18-6-8-20-38(34)48-44/h1-26H. The van der Waals surface area contributed by atoms with Gasteiger partial charge >= 0.3 is 0 Å². The molecule has 0 radical (unpaired) electrons. The van der Waals surface area contributed by atoms with Gasteiger partial charge in [0.05, 0.1) is 0 Å². The summed E-state index contributed by atoms with van der Waals surface area (Å²) in [5.74, 6) is 1.65. The molecule has 0 fully saturated rings. The van der Waals surface area contributed by atoms with E-state index in [1.54, 1.807) is 0 Å². The quantitative estimate of drug-likeness (QED) is 0.185. The molecule has 0 unspecified atom stereocenters. The van der Waals surface area contributed by atoms with Gasteiger partial charge in [-0.3, -0.25) is 9.97 Å². The molecule has 4 aromatic heterocycles. The second kappa shape index (κ2) is 10.5. The maximum atomic E-state index is 6.90. The summed E-state index contributed by atoms with van der Waals surface area (Å²) in [4.78, 5) is 9.00. The molecule has 0 saturated heterocycles. The van der Waals surface area contributed by atoms with E-state index in [2.05, 4.69) is 107 Å². The monoisotopic (exact) mass is 614 g/mol. The Bertz CT molecular complexity index is 2640. The molecule has 4 nitrogen and oxygen atoms in total. The van der Waals surface area contributed by atoms with Crippen molar-refractivity contribution in [3.05, 3.63) is 158 Å². The number of furan rings is 2. The van der Waals surface area contributed by atoms with Crippen LogP contribution in [0.1, 0.15) is 0 Å². The van der Waals surface area contributed by atoms with Crippen molar-refractivity contribution >= 4 is 54.3 Å². The first-order valence-electron chi connectivity index (χ1n) is 16.1. The molecule has 10 rings (SSSR count). The van der Waals surface area contributed by atoms with Gasteiger partial charge in [-0.1, -0.05) is 97.1 Å². The number of nitrogens with zero attached hydrogens (tertiary/aromatic N) is 2. The first kappa shape index (κ1) is 26.7. The van der Waals surface area contributed by atoms with Crippen LogP contribution in [0.3, 0.4) is 0 Å². The zero-order valence-corrected chi connectivity index (χ0v) is 25.7. The van der Waals surface area contributed by atoms with Gasteiger partial charge in [-0.25, -0.2) is 0 Å². The number of aromatic nitrogens is 2. The highest BCUT2D eigenvalue weighted by Gasteiger charge is 2.27. The summed E-state index contributed by atoms with van der Waals surface area (Å²) in [6, 6.07) is 46.5. The van der Waals surface area contributed by atoms with Crippen LogP contribution in [0.2, 0.25) is 0 Å². The lowest BCUT2D eigenvalue weighted by molar-refractivity contribution is 0.632. The highest BCUT2D eigenvalue weighted by Crippen LogP contribution is 2.52. The fourth-order valence-electron chi connectivity index (χ4n) is 7.39. The molecule has 0 N–H and O–H groups in total. The zero-order chi connectivity index (χ0) is 31.6. The van der Waals surface area contributed by atoms with E-state index >= 15 is 0 Å². The molecule has 4 heteroatoms. The van der Waals surface area contributed by atoms with Gasteiger partial charge in [-0.15, -0.1) is 0 Å². The molecule has 0 atom stereocenters. The minimum absolute atomic E-state index is 0.823. The van der Waals surface area contributed by atoms with E-state index < -0.39 is 0 Å². The number of hydrogen-bond donors (Lipinski definition) is 0. The summed E-state index contributed by atoms with van der Waals surface area (Å²) in [6.07, 6.45) is 7.46. The van der Waals surface area contributed by atoms with Crippen molar-refractivity contribution in [2.75, 3.05) is 0 Å². The fourth-order valence-corrected chi connectivity index (χ4v) is 7.39. The Balaban J connectivity index is 1.42. The van der Waals surface area contributed by atoms with E-state index in [0.717, 1.165) is 99.2 Å². The van der Waals surface area contributed by atoms with E-state index in [-0.39, 0.29) is 0 Å². The third-order valence-electron chi connectivity index (χ3n) is 9.44. The molecule has 0 spiro atoms. The number of pyridine rings is 2. The zero-order valence-electron chi connectivity index (χ0n) is 25.7. The van der Waals surface area contributed by atoms with Gasteiger partial charge in [-0.05, 0) is 68.7 Å². The van der Waals surface area contributed by atoms with Crippen molar-refractivity contribution in [1.29, 1.82) is 0 Å². The van der Waals surface area contributed by atoms with Crippen LogP contribution in [-0.2, 0) is 0 Å². The predicted octanol–water partition coefficient (Wildman–Crippen LogP) is 12.1. The van der Waals surface area contributed by atoms with Crippen LogP contribution in [0.25, 0.3) is 99.2 Å². The van der Waals surface area contributed by atoms with Gasteiger partial charge in [0.1, 0.15) is 22.7 Å². The minimum atomic E-state index is 0.823. The van der Waals surface area contributed by atoms with E-state index in [1.807, 2.05) is 61.2 Å². The first-order valence-corrected chi connectivity index (χ1v) is 16.1. The second-order valence-electron chi connectivity index (χ2n) is 12.1. The molecule has 48 heavy (non-hydrogen) atoms. The number of fused-ring (bicyclic) bond motifs is 5. The van der Waals surface area contributed by atoms with E-state index in [9.17, 15) is 0 Å². The Morgan fingerprint density at radius 3 is 1.21 bits per heavy atom. The molecular weight excluding hydrogens is 588 g/mol. The number of hydrogen-bond acceptors (Lipinski definition) is 4. The molecule has 4 heterocycles. The third kappa shape index (κ3) is 3.96. The van der Waals surface area contributed by atoms with Gasteiger partial charge in [0.25, 0.3) is 0 Å². The smallest absolute Gasteiger partial charge is 0.144 e. The maximum Gasteiger partial charge on any atom is 0.144 e. The van der Waals surface area contributed by atoms with Crippen LogP contribution in [0.4, 0.5) is 0 Å². The molecule has 0 aliphatic heterocycles. The van der Waals surface area contributed by atoms with Crippen LogP contribution in [0.5, 0.6) is 0 Å². The van der Waals surface area contributed by atoms with Crippen molar-refractivity contribution in [3.63, 3.8) is 0 Å². The average Bonchev–Trinajstić information content (AvgIpc) is 3.72. The molecule has 6 aromatic carbocycles. The van der Waals surface area contributed by atoms with Crippen LogP contribution in [-0.4, -0.2) is 9.97 Å². The highest BCUT2D eigenvalue weighted by atomic mass is 16.3. The summed E-state index contributed by atoms with van der Waals surface area (Å²) < 4.78 is 13.8. The second-order valence-corrected chi connectivity index (χ2v) is 12.1. The Morgan fingerprint density at radius 2 is 0.771 bits per heavy atom. The summed E-state index contributed by atoms with van der Waals surface area (Å²) in [5, 5.41) is 8.76. The molecule has 0 bridgehead atoms. The van der Waals surface area contributed by atoms with Gasteiger partial charge in [0, 0.05) is 68.9 Å². The van der Waals surface area contributed by atoms with Gasteiger partial charge in [0.2, 0.25) is 0 Å². The molecule has 0 aliphatic rings. The Labute approximate surface area is 275 Å². The molecule has 0 aliphatic carbocycles. The Morgan fingerprint density at radius 1 is 0.354 bits per heavy atom. The van der Waals surface area contributed by atoms with Gasteiger partial charge in [0.15, 0.2) is 0 Å². The number of para-hydroxylation sites is 2. The van der Waals surface area contributed by atoms with Crippen LogP contribution in [0, 0.1) is 0 Å². The van der Waals surface area contributed by atoms with E-state index in [0.29, 0.717) is 0 Å². The lowest BCUT2D eigenvalue weighted by Gasteiger charge is -2.18. The van der Waals surface area contributed by atoms with Crippen molar-refractivity contribution in [3.8, 4) is 44.9 Å². The van der Waals surface area contributed by atoms with Crippen LogP contribution < -0.4 is 0 Å². The van der Waals surface area contributed by atoms with Gasteiger partial charge in [-0.2, -0.15) is 0 Å². The Hall–Kier alpha value is -6.52. The van der Waals surface area contributed by atoms with Crippen molar-refractivity contribution in [2.45, 2.75) is 0 Å². The molecule has 10 aromatic rings. The lowest BCUT2D eigenvalue weighted by Crippen LogP contribution is -1.92. The van der Waals surface area contributed by atoms with Crippen LogP contribution >= 0.6 is 0 Å². The number of benzene rings is 6. The number of rotatable bonds is 4. The molecular formula is C44H26N2O2. The summed E-state index contributed by atoms with van der Waals surface area (Å²) >= 11 is 0. The van der Waals surface area contributed by atoms with Gasteiger partial charge < -0.3 is 8.83 Å². The predicted molar refractivity (Wildman–Crippen MR) is 196 cm³/mol. The summed E-state index contributed by atoms with van der Waals surface area (Å²) in [7, 11) is 0. The van der Waals surface area contributed by atoms with E-state index in [1.165, 1.54) is 0 Å². The van der Waals surface area contributed by atoms with Crippen LogP contribution in [0.15, 0.2) is 167 Å². The topological polar surface area (TPSA) is 52.1 Å². The van der Waals surface area contributed by atoms with Crippen molar-refractivity contribution in [2.24, 2.45) is 0 Å². The summed E-state index contributed by atoms with van der Waals surface area (Å²) in [5.41, 5.74) is 7.85. The Kier molecular flexibility index (Phi) is 5.84. The first-order chi connectivity index (χ1) is 23.8. The largest absolute Gasteiger partial charge is 0.455 e. The molecule has 0 amide bonds. The third-order valence-corrected chi connectivity index (χ3v) is 9.44. The normalized spacial score (nSPS) is 11.8. The van der Waals surface area contributed by atoms with Crippen molar-refractivity contribution < 1.29 is 8.83 Å². The lowest BCUT2D eigenvalue weighted by atomic mass is 9.85. The summed E-state index contributed by atoms with van der Waals surface area (Å²) in [6.45, 7) is 0.